The lowest BCUT2D eigenvalue weighted by atomic mass is 9.62. The summed E-state index contributed by atoms with van der Waals surface area (Å²) in [6, 6.07) is 14.8. The van der Waals surface area contributed by atoms with Gasteiger partial charge in [0.25, 0.3) is 0 Å². The quantitative estimate of drug-likeness (QED) is 0.418. The molecule has 35 heavy (non-hydrogen) atoms. The van der Waals surface area contributed by atoms with Crippen molar-refractivity contribution in [3.8, 4) is 11.1 Å². The average molecular weight is 469 g/mol. The molecule has 2 aliphatic rings. The molecule has 4 rings (SSSR count). The van der Waals surface area contributed by atoms with Crippen molar-refractivity contribution in [3.63, 3.8) is 0 Å². The minimum absolute atomic E-state index is 0.135. The highest BCUT2D eigenvalue weighted by atomic mass is 14.5. The first-order valence-electron chi connectivity index (χ1n) is 13.8. The largest absolute Gasteiger partial charge is 0.0767 e. The predicted octanol–water partition coefficient (Wildman–Crippen LogP) is 10.5. The Bertz CT molecular complexity index is 1110. The van der Waals surface area contributed by atoms with Crippen LogP contribution in [0.15, 0.2) is 59.7 Å². The summed E-state index contributed by atoms with van der Waals surface area (Å²) in [4.78, 5) is 0. The van der Waals surface area contributed by atoms with Crippen molar-refractivity contribution in [2.24, 2.45) is 10.8 Å². The fourth-order valence-electron chi connectivity index (χ4n) is 6.47. The molecule has 0 heterocycles. The van der Waals surface area contributed by atoms with Gasteiger partial charge < -0.3 is 0 Å². The molecule has 0 saturated heterocycles. The topological polar surface area (TPSA) is 0 Å². The Morgan fingerprint density at radius 3 is 1.46 bits per heavy atom. The van der Waals surface area contributed by atoms with Crippen molar-refractivity contribution in [2.75, 3.05) is 0 Å². The number of allylic oxidation sites excluding steroid dienone is 4. The summed E-state index contributed by atoms with van der Waals surface area (Å²) in [6.45, 7) is 25.9. The molecule has 0 nitrogen and oxygen atoms in total. The van der Waals surface area contributed by atoms with Crippen LogP contribution < -0.4 is 0 Å². The van der Waals surface area contributed by atoms with Crippen LogP contribution in [0.3, 0.4) is 0 Å². The molecule has 0 unspecified atom stereocenters. The van der Waals surface area contributed by atoms with Crippen LogP contribution in [0.1, 0.15) is 124 Å². The molecule has 0 saturated carbocycles. The van der Waals surface area contributed by atoms with Crippen LogP contribution in [0.25, 0.3) is 11.1 Å². The highest BCUT2D eigenvalue weighted by Crippen LogP contribution is 2.60. The zero-order valence-electron chi connectivity index (χ0n) is 24.3. The van der Waals surface area contributed by atoms with E-state index in [4.69, 9.17) is 0 Å². The molecule has 2 aliphatic carbocycles. The molecule has 0 spiro atoms. The lowest BCUT2D eigenvalue weighted by Crippen LogP contribution is -2.30. The fraction of sp³-hybridized carbons (Fsp3) is 0.543. The van der Waals surface area contributed by atoms with E-state index in [1.54, 1.807) is 5.57 Å². The first-order chi connectivity index (χ1) is 16.1. The van der Waals surface area contributed by atoms with E-state index >= 15 is 0 Å². The smallest absolute Gasteiger partial charge is 0.0195 e. The van der Waals surface area contributed by atoms with Crippen molar-refractivity contribution in [3.05, 3.63) is 82.0 Å². The maximum Gasteiger partial charge on any atom is 0.0195 e. The van der Waals surface area contributed by atoms with Crippen molar-refractivity contribution in [1.82, 2.24) is 0 Å². The third-order valence-corrected chi connectivity index (χ3v) is 8.94. The fourth-order valence-corrected chi connectivity index (χ4v) is 6.47. The second-order valence-corrected chi connectivity index (χ2v) is 14.2. The molecule has 0 amide bonds. The number of rotatable bonds is 4. The number of hydrogen-bond donors (Lipinski definition) is 0. The van der Waals surface area contributed by atoms with Crippen LogP contribution in [0.5, 0.6) is 0 Å². The number of benzene rings is 2. The first kappa shape index (κ1) is 26.0. The Hall–Kier alpha value is -2.08. The van der Waals surface area contributed by atoms with Gasteiger partial charge in [0.2, 0.25) is 0 Å². The molecular weight excluding hydrogens is 420 g/mol. The van der Waals surface area contributed by atoms with Gasteiger partial charge in [-0.15, -0.1) is 0 Å². The molecule has 0 radical (unpaired) electrons. The highest BCUT2D eigenvalue weighted by Gasteiger charge is 2.46. The summed E-state index contributed by atoms with van der Waals surface area (Å²) in [5, 5.41) is 0. The summed E-state index contributed by atoms with van der Waals surface area (Å²) >= 11 is 0. The molecule has 188 valence electrons. The molecule has 0 heteroatoms. The first-order valence-corrected chi connectivity index (χ1v) is 13.8. The second kappa shape index (κ2) is 8.50. The van der Waals surface area contributed by atoms with E-state index in [0.717, 1.165) is 19.3 Å². The molecular formula is C35H48. The van der Waals surface area contributed by atoms with Gasteiger partial charge in [0, 0.05) is 11.3 Å². The summed E-state index contributed by atoms with van der Waals surface area (Å²) in [5.74, 6) is 0.407. The molecule has 0 atom stereocenters. The molecule has 0 aromatic heterocycles. The summed E-state index contributed by atoms with van der Waals surface area (Å²) in [6.07, 6.45) is 8.48. The van der Waals surface area contributed by atoms with Crippen LogP contribution >= 0.6 is 0 Å². The number of hydrogen-bond acceptors (Lipinski definition) is 0. The lowest BCUT2D eigenvalue weighted by molar-refractivity contribution is 0.284. The monoisotopic (exact) mass is 468 g/mol. The third-order valence-electron chi connectivity index (χ3n) is 8.94. The Labute approximate surface area is 215 Å². The Balaban J connectivity index is 1.97. The standard InChI is InChI=1S/C35H48/c1-12-35(13-2,26-15-14-23(20-26)32(3,4)5)31-27-18-16-24(33(6,7)8)21-29(27)30-22-25(34(9,10)11)17-19-28(30)31/h14,16-22,31H,12-13,15H2,1-11H3. The minimum Gasteiger partial charge on any atom is -0.0767 e. The van der Waals surface area contributed by atoms with Gasteiger partial charge in [0.15, 0.2) is 0 Å². The van der Waals surface area contributed by atoms with Crippen LogP contribution in [0.2, 0.25) is 0 Å². The van der Waals surface area contributed by atoms with Gasteiger partial charge in [-0.05, 0) is 74.5 Å². The summed E-state index contributed by atoms with van der Waals surface area (Å²) in [5.41, 5.74) is 12.6. The Kier molecular flexibility index (Phi) is 6.31. The minimum atomic E-state index is 0.135. The zero-order valence-corrected chi connectivity index (χ0v) is 24.3. The predicted molar refractivity (Wildman–Crippen MR) is 154 cm³/mol. The van der Waals surface area contributed by atoms with E-state index in [-0.39, 0.29) is 21.7 Å². The SMILES string of the molecule is CCC(CC)(C1=CC(C(C)(C)C)=CC1)C1c2ccc(C(C)(C)C)cc2-c2cc(C(C)(C)C)ccc21. The van der Waals surface area contributed by atoms with Gasteiger partial charge in [0.05, 0.1) is 0 Å². The van der Waals surface area contributed by atoms with Crippen molar-refractivity contribution in [1.29, 1.82) is 0 Å². The van der Waals surface area contributed by atoms with E-state index in [1.807, 2.05) is 0 Å². The van der Waals surface area contributed by atoms with Gasteiger partial charge >= 0.3 is 0 Å². The van der Waals surface area contributed by atoms with Gasteiger partial charge in [0.1, 0.15) is 0 Å². The Morgan fingerprint density at radius 1 is 0.657 bits per heavy atom. The van der Waals surface area contributed by atoms with Crippen molar-refractivity contribution < 1.29 is 0 Å². The highest BCUT2D eigenvalue weighted by molar-refractivity contribution is 5.81. The maximum absolute atomic E-state index is 2.57. The van der Waals surface area contributed by atoms with Crippen LogP contribution in [0.4, 0.5) is 0 Å². The van der Waals surface area contributed by atoms with E-state index in [2.05, 4.69) is 125 Å². The molecule has 0 N–H and O–H groups in total. The molecule has 0 fully saturated rings. The van der Waals surface area contributed by atoms with Crippen LogP contribution in [-0.2, 0) is 10.8 Å². The molecule has 2 aromatic carbocycles. The van der Waals surface area contributed by atoms with Gasteiger partial charge in [-0.25, -0.2) is 0 Å². The molecule has 0 aliphatic heterocycles. The Morgan fingerprint density at radius 2 is 1.11 bits per heavy atom. The van der Waals surface area contributed by atoms with E-state index < -0.39 is 0 Å². The molecule has 0 bridgehead atoms. The van der Waals surface area contributed by atoms with Gasteiger partial charge in [-0.3, -0.25) is 0 Å². The van der Waals surface area contributed by atoms with Crippen molar-refractivity contribution >= 4 is 0 Å². The zero-order chi connectivity index (χ0) is 26.0. The van der Waals surface area contributed by atoms with E-state index in [1.165, 1.54) is 39.0 Å². The van der Waals surface area contributed by atoms with Crippen LogP contribution in [-0.4, -0.2) is 0 Å². The van der Waals surface area contributed by atoms with Crippen molar-refractivity contribution in [2.45, 2.75) is 112 Å². The average Bonchev–Trinajstić information content (AvgIpc) is 3.38. The van der Waals surface area contributed by atoms with Gasteiger partial charge in [-0.2, -0.15) is 0 Å². The summed E-state index contributed by atoms with van der Waals surface area (Å²) in [7, 11) is 0. The lowest BCUT2D eigenvalue weighted by Gasteiger charge is -2.41. The van der Waals surface area contributed by atoms with E-state index in [9.17, 15) is 0 Å². The third kappa shape index (κ3) is 4.36. The second-order valence-electron chi connectivity index (χ2n) is 14.2. The molecule has 2 aromatic rings. The summed E-state index contributed by atoms with van der Waals surface area (Å²) < 4.78 is 0. The maximum atomic E-state index is 2.57. The van der Waals surface area contributed by atoms with Crippen LogP contribution in [0, 0.1) is 10.8 Å². The number of fused-ring (bicyclic) bond motifs is 3. The van der Waals surface area contributed by atoms with Gasteiger partial charge in [-0.1, -0.05) is 130 Å². The van der Waals surface area contributed by atoms with E-state index in [0.29, 0.717) is 5.92 Å². The normalized spacial score (nSPS) is 16.8.